The fraction of sp³-hybridized carbons (Fsp3) is 0.381. The lowest BCUT2D eigenvalue weighted by Crippen LogP contribution is -2.48. The molecule has 0 amide bonds. The number of rotatable bonds is 7. The lowest BCUT2D eigenvalue weighted by molar-refractivity contribution is 0.0760. The first-order chi connectivity index (χ1) is 12.8. The molecule has 1 aliphatic heterocycles. The van der Waals surface area contributed by atoms with Crippen LogP contribution in [-0.4, -0.2) is 55.7 Å². The fourth-order valence-corrected chi connectivity index (χ4v) is 3.58. The van der Waals surface area contributed by atoms with Gasteiger partial charge in [-0.2, -0.15) is 5.26 Å². The average Bonchev–Trinajstić information content (AvgIpc) is 2.69. The zero-order valence-electron chi connectivity index (χ0n) is 14.9. The topological polar surface area (TPSA) is 39.5 Å². The van der Waals surface area contributed by atoms with Gasteiger partial charge in [-0.05, 0) is 23.3 Å². The highest BCUT2D eigenvalue weighted by molar-refractivity contribution is 6.30. The van der Waals surface area contributed by atoms with Gasteiger partial charge in [0.1, 0.15) is 6.61 Å². The van der Waals surface area contributed by atoms with Crippen LogP contribution in [0.25, 0.3) is 0 Å². The fourth-order valence-electron chi connectivity index (χ4n) is 3.45. The number of halogens is 1. The Morgan fingerprint density at radius 1 is 0.962 bits per heavy atom. The summed E-state index contributed by atoms with van der Waals surface area (Å²) in [7, 11) is 0. The summed E-state index contributed by atoms with van der Waals surface area (Å²) in [5.74, 6) is 0. The van der Waals surface area contributed by atoms with Gasteiger partial charge in [0.25, 0.3) is 0 Å². The summed E-state index contributed by atoms with van der Waals surface area (Å²) >= 11 is 6.09. The Morgan fingerprint density at radius 3 is 2.27 bits per heavy atom. The monoisotopic (exact) mass is 369 g/mol. The lowest BCUT2D eigenvalue weighted by Gasteiger charge is -2.39. The van der Waals surface area contributed by atoms with E-state index in [-0.39, 0.29) is 12.6 Å². The number of benzene rings is 2. The maximum Gasteiger partial charge on any atom is 0.133 e. The Labute approximate surface area is 160 Å². The highest BCUT2D eigenvalue weighted by atomic mass is 35.5. The van der Waals surface area contributed by atoms with Gasteiger partial charge in [-0.15, -0.1) is 0 Å². The maximum atomic E-state index is 8.53. The van der Waals surface area contributed by atoms with Crippen LogP contribution >= 0.6 is 11.6 Å². The van der Waals surface area contributed by atoms with Crippen molar-refractivity contribution >= 4 is 11.6 Å². The molecular weight excluding hydrogens is 346 g/mol. The van der Waals surface area contributed by atoms with Gasteiger partial charge in [0.05, 0.1) is 18.7 Å². The quantitative estimate of drug-likeness (QED) is 0.699. The van der Waals surface area contributed by atoms with Gasteiger partial charge in [-0.1, -0.05) is 54.1 Å². The van der Waals surface area contributed by atoms with E-state index in [1.807, 2.05) is 18.2 Å². The molecule has 2 aromatic carbocycles. The van der Waals surface area contributed by atoms with Crippen molar-refractivity contribution in [1.82, 2.24) is 9.80 Å². The molecule has 0 spiro atoms. The Morgan fingerprint density at radius 2 is 1.62 bits per heavy atom. The van der Waals surface area contributed by atoms with Gasteiger partial charge in [0.2, 0.25) is 0 Å². The number of piperazine rings is 1. The van der Waals surface area contributed by atoms with E-state index >= 15 is 0 Å². The number of nitrogens with zero attached hydrogens (tertiary/aromatic N) is 3. The molecule has 0 radical (unpaired) electrons. The highest BCUT2D eigenvalue weighted by Crippen LogP contribution is 2.30. The van der Waals surface area contributed by atoms with Crippen molar-refractivity contribution in [1.29, 1.82) is 5.26 Å². The van der Waals surface area contributed by atoms with Crippen molar-refractivity contribution in [3.05, 3.63) is 70.7 Å². The molecular formula is C21H24ClN3O. The van der Waals surface area contributed by atoms with Crippen molar-refractivity contribution in [2.45, 2.75) is 6.04 Å². The largest absolute Gasteiger partial charge is 0.365 e. The second kappa shape index (κ2) is 9.70. The predicted molar refractivity (Wildman–Crippen MR) is 104 cm³/mol. The molecule has 0 bridgehead atoms. The van der Waals surface area contributed by atoms with Gasteiger partial charge in [0, 0.05) is 37.7 Å². The van der Waals surface area contributed by atoms with Gasteiger partial charge < -0.3 is 4.74 Å². The van der Waals surface area contributed by atoms with Crippen LogP contribution in [0.1, 0.15) is 17.2 Å². The first-order valence-electron chi connectivity index (χ1n) is 8.99. The van der Waals surface area contributed by atoms with Crippen LogP contribution in [0.4, 0.5) is 0 Å². The van der Waals surface area contributed by atoms with Gasteiger partial charge >= 0.3 is 0 Å². The van der Waals surface area contributed by atoms with E-state index in [1.165, 1.54) is 11.1 Å². The minimum Gasteiger partial charge on any atom is -0.365 e. The van der Waals surface area contributed by atoms with Gasteiger partial charge in [0.15, 0.2) is 0 Å². The number of ether oxygens (including phenoxy) is 1. The van der Waals surface area contributed by atoms with Crippen LogP contribution in [-0.2, 0) is 4.74 Å². The normalized spacial score (nSPS) is 16.9. The number of nitriles is 1. The Hall–Kier alpha value is -1.90. The summed E-state index contributed by atoms with van der Waals surface area (Å²) < 4.78 is 5.28. The first-order valence-corrected chi connectivity index (χ1v) is 9.37. The van der Waals surface area contributed by atoms with Crippen molar-refractivity contribution in [3.8, 4) is 6.07 Å². The molecule has 1 saturated heterocycles. The minimum atomic E-state index is 0.173. The van der Waals surface area contributed by atoms with Crippen LogP contribution in [0.3, 0.4) is 0 Å². The SMILES string of the molecule is N#CCOCCN1CCN([C@H](c2ccccc2)c2ccc(Cl)cc2)CC1. The van der Waals surface area contributed by atoms with E-state index in [4.69, 9.17) is 21.6 Å². The van der Waals surface area contributed by atoms with Gasteiger partial charge in [-0.3, -0.25) is 9.80 Å². The van der Waals surface area contributed by atoms with Crippen LogP contribution < -0.4 is 0 Å². The van der Waals surface area contributed by atoms with E-state index in [2.05, 4.69) is 52.3 Å². The highest BCUT2D eigenvalue weighted by Gasteiger charge is 2.26. The average molecular weight is 370 g/mol. The smallest absolute Gasteiger partial charge is 0.133 e. The van der Waals surface area contributed by atoms with Crippen molar-refractivity contribution in [2.75, 3.05) is 45.9 Å². The van der Waals surface area contributed by atoms with E-state index in [0.717, 1.165) is 37.7 Å². The zero-order valence-corrected chi connectivity index (χ0v) is 15.6. The molecule has 1 heterocycles. The van der Waals surface area contributed by atoms with Gasteiger partial charge in [-0.25, -0.2) is 0 Å². The summed E-state index contributed by atoms with van der Waals surface area (Å²) in [4.78, 5) is 4.93. The molecule has 5 heteroatoms. The Balaban J connectivity index is 1.67. The third-order valence-electron chi connectivity index (χ3n) is 4.79. The molecule has 2 aromatic rings. The summed E-state index contributed by atoms with van der Waals surface area (Å²) in [5, 5.41) is 9.30. The molecule has 0 saturated carbocycles. The summed E-state index contributed by atoms with van der Waals surface area (Å²) in [6.45, 7) is 5.69. The van der Waals surface area contributed by atoms with E-state index in [0.29, 0.717) is 6.61 Å². The lowest BCUT2D eigenvalue weighted by atomic mass is 9.96. The van der Waals surface area contributed by atoms with E-state index in [9.17, 15) is 0 Å². The molecule has 136 valence electrons. The second-order valence-corrected chi connectivity index (χ2v) is 6.89. The molecule has 0 aliphatic carbocycles. The Bertz CT molecular complexity index is 706. The van der Waals surface area contributed by atoms with Crippen LogP contribution in [0.15, 0.2) is 54.6 Å². The predicted octanol–water partition coefficient (Wildman–Crippen LogP) is 3.59. The molecule has 0 aromatic heterocycles. The Kier molecular flexibility index (Phi) is 7.04. The molecule has 0 unspecified atom stereocenters. The van der Waals surface area contributed by atoms with Crippen LogP contribution in [0.5, 0.6) is 0 Å². The summed E-state index contributed by atoms with van der Waals surface area (Å²) in [6.07, 6.45) is 0. The first kappa shape index (κ1) is 18.9. The van der Waals surface area contributed by atoms with Crippen molar-refractivity contribution in [3.63, 3.8) is 0 Å². The molecule has 4 nitrogen and oxygen atoms in total. The van der Waals surface area contributed by atoms with Crippen molar-refractivity contribution in [2.24, 2.45) is 0 Å². The molecule has 3 rings (SSSR count). The zero-order chi connectivity index (χ0) is 18.2. The third kappa shape index (κ3) is 5.06. The maximum absolute atomic E-state index is 8.53. The summed E-state index contributed by atoms with van der Waals surface area (Å²) in [5.41, 5.74) is 2.58. The van der Waals surface area contributed by atoms with Crippen LogP contribution in [0.2, 0.25) is 5.02 Å². The standard InChI is InChI=1S/C21H24ClN3O/c22-20-8-6-19(7-9-20)21(18-4-2-1-3-5-18)25-13-11-24(12-14-25)15-17-26-16-10-23/h1-9,21H,11-17H2/t21-/m1/s1. The second-order valence-electron chi connectivity index (χ2n) is 6.45. The molecule has 1 fully saturated rings. The molecule has 1 aliphatic rings. The number of hydrogen-bond donors (Lipinski definition) is 0. The van der Waals surface area contributed by atoms with E-state index < -0.39 is 0 Å². The molecule has 1 atom stereocenters. The third-order valence-corrected chi connectivity index (χ3v) is 5.04. The van der Waals surface area contributed by atoms with Crippen molar-refractivity contribution < 1.29 is 4.74 Å². The minimum absolute atomic E-state index is 0.173. The molecule has 0 N–H and O–H groups in total. The number of hydrogen-bond acceptors (Lipinski definition) is 4. The molecule has 26 heavy (non-hydrogen) atoms. The van der Waals surface area contributed by atoms with Crippen LogP contribution in [0, 0.1) is 11.3 Å². The summed E-state index contributed by atoms with van der Waals surface area (Å²) in [6, 6.07) is 21.1. The van der Waals surface area contributed by atoms with E-state index in [1.54, 1.807) is 0 Å².